The fourth-order valence-electron chi connectivity index (χ4n) is 2.09. The third-order valence-electron chi connectivity index (χ3n) is 3.02. The number of hydrogen-bond acceptors (Lipinski definition) is 3. The minimum Gasteiger partial charge on any atom is -0.508 e. The van der Waals surface area contributed by atoms with E-state index >= 15 is 0 Å². The lowest BCUT2D eigenvalue weighted by molar-refractivity contribution is 0.147. The summed E-state index contributed by atoms with van der Waals surface area (Å²) in [6, 6.07) is 6.63. The SMILES string of the molecule is Cl.Cl.Oc1ccc([C@@H](CF)N2CCNCC2)cc1. The van der Waals surface area contributed by atoms with Crippen molar-refractivity contribution in [2.75, 3.05) is 32.9 Å². The molecule has 0 amide bonds. The molecule has 6 heteroatoms. The molecule has 2 N–H and O–H groups in total. The zero-order valence-electron chi connectivity index (χ0n) is 10.0. The maximum Gasteiger partial charge on any atom is 0.115 e. The summed E-state index contributed by atoms with van der Waals surface area (Å²) in [5.41, 5.74) is 0.933. The number of benzene rings is 1. The summed E-state index contributed by atoms with van der Waals surface area (Å²) in [5, 5.41) is 12.5. The molecule has 3 nitrogen and oxygen atoms in total. The zero-order chi connectivity index (χ0) is 11.4. The molecule has 0 radical (unpaired) electrons. The molecule has 1 aromatic rings. The van der Waals surface area contributed by atoms with Crippen molar-refractivity contribution in [2.45, 2.75) is 6.04 Å². The van der Waals surface area contributed by atoms with Gasteiger partial charge in [0.2, 0.25) is 0 Å². The molecule has 18 heavy (non-hydrogen) atoms. The van der Waals surface area contributed by atoms with E-state index in [2.05, 4.69) is 10.2 Å². The Morgan fingerprint density at radius 1 is 1.17 bits per heavy atom. The first-order chi connectivity index (χ1) is 7.81. The number of alkyl halides is 1. The second-order valence-electron chi connectivity index (χ2n) is 4.05. The number of piperazine rings is 1. The van der Waals surface area contributed by atoms with Gasteiger partial charge in [-0.2, -0.15) is 0 Å². The minimum absolute atomic E-state index is 0. The second-order valence-corrected chi connectivity index (χ2v) is 4.05. The van der Waals surface area contributed by atoms with Crippen LogP contribution in [0.4, 0.5) is 4.39 Å². The number of rotatable bonds is 3. The van der Waals surface area contributed by atoms with E-state index in [-0.39, 0.29) is 43.3 Å². The second kappa shape index (κ2) is 8.53. The summed E-state index contributed by atoms with van der Waals surface area (Å²) in [4.78, 5) is 2.14. The van der Waals surface area contributed by atoms with Gasteiger partial charge in [-0.05, 0) is 17.7 Å². The molecule has 0 saturated carbocycles. The van der Waals surface area contributed by atoms with Crippen LogP contribution in [0, 0.1) is 0 Å². The Kier molecular flexibility index (Phi) is 8.27. The quantitative estimate of drug-likeness (QED) is 0.897. The van der Waals surface area contributed by atoms with Gasteiger partial charge in [0.25, 0.3) is 0 Å². The van der Waals surface area contributed by atoms with Crippen molar-refractivity contribution in [2.24, 2.45) is 0 Å². The Hall–Kier alpha value is -0.550. The lowest BCUT2D eigenvalue weighted by Crippen LogP contribution is -2.45. The van der Waals surface area contributed by atoms with Crippen LogP contribution in [0.2, 0.25) is 0 Å². The number of halogens is 3. The zero-order valence-corrected chi connectivity index (χ0v) is 11.6. The van der Waals surface area contributed by atoms with E-state index in [1.165, 1.54) is 0 Å². The molecule has 1 fully saturated rings. The van der Waals surface area contributed by atoms with Crippen molar-refractivity contribution < 1.29 is 9.50 Å². The number of nitrogens with one attached hydrogen (secondary N) is 1. The Bertz CT molecular complexity index is 331. The smallest absolute Gasteiger partial charge is 0.115 e. The molecule has 2 rings (SSSR count). The molecular weight excluding hydrogens is 278 g/mol. The van der Waals surface area contributed by atoms with E-state index in [0.29, 0.717) is 0 Å². The molecule has 1 aliphatic heterocycles. The first-order valence-electron chi connectivity index (χ1n) is 5.61. The Balaban J connectivity index is 0.00000144. The lowest BCUT2D eigenvalue weighted by Gasteiger charge is -2.33. The van der Waals surface area contributed by atoms with Crippen molar-refractivity contribution >= 4 is 24.8 Å². The predicted octanol–water partition coefficient (Wildman–Crippen LogP) is 2.15. The van der Waals surface area contributed by atoms with Crippen LogP contribution in [0.3, 0.4) is 0 Å². The topological polar surface area (TPSA) is 35.5 Å². The highest BCUT2D eigenvalue weighted by atomic mass is 35.5. The fraction of sp³-hybridized carbons (Fsp3) is 0.500. The highest BCUT2D eigenvalue weighted by Gasteiger charge is 2.21. The summed E-state index contributed by atoms with van der Waals surface area (Å²) >= 11 is 0. The molecule has 0 unspecified atom stereocenters. The Morgan fingerprint density at radius 2 is 1.72 bits per heavy atom. The van der Waals surface area contributed by atoms with Crippen LogP contribution in [0.1, 0.15) is 11.6 Å². The van der Waals surface area contributed by atoms with Gasteiger partial charge in [-0.25, -0.2) is 4.39 Å². The Labute approximate surface area is 119 Å². The number of nitrogens with zero attached hydrogens (tertiary/aromatic N) is 1. The van der Waals surface area contributed by atoms with Gasteiger partial charge < -0.3 is 10.4 Å². The average molecular weight is 297 g/mol. The fourth-order valence-corrected chi connectivity index (χ4v) is 2.09. The number of phenolic OH excluding ortho intramolecular Hbond substituents is 1. The number of aromatic hydroxyl groups is 1. The van der Waals surface area contributed by atoms with Crippen molar-refractivity contribution in [3.05, 3.63) is 29.8 Å². The van der Waals surface area contributed by atoms with Gasteiger partial charge in [0.05, 0.1) is 6.04 Å². The van der Waals surface area contributed by atoms with E-state index < -0.39 is 0 Å². The molecule has 0 aromatic heterocycles. The first-order valence-corrected chi connectivity index (χ1v) is 5.61. The molecular formula is C12H19Cl2FN2O. The average Bonchev–Trinajstić information content (AvgIpc) is 2.34. The number of phenols is 1. The molecule has 0 aliphatic carbocycles. The normalized spacial score (nSPS) is 17.4. The van der Waals surface area contributed by atoms with Crippen LogP contribution in [0.15, 0.2) is 24.3 Å². The third-order valence-corrected chi connectivity index (χ3v) is 3.02. The van der Waals surface area contributed by atoms with Crippen LogP contribution < -0.4 is 5.32 Å². The summed E-state index contributed by atoms with van der Waals surface area (Å²) in [6.07, 6.45) is 0. The predicted molar refractivity (Wildman–Crippen MR) is 75.8 cm³/mol. The van der Waals surface area contributed by atoms with Crippen LogP contribution in [-0.4, -0.2) is 42.9 Å². The summed E-state index contributed by atoms with van der Waals surface area (Å²) in [7, 11) is 0. The van der Waals surface area contributed by atoms with Gasteiger partial charge in [0.1, 0.15) is 12.4 Å². The van der Waals surface area contributed by atoms with Gasteiger partial charge in [0, 0.05) is 26.2 Å². The highest BCUT2D eigenvalue weighted by molar-refractivity contribution is 5.85. The maximum atomic E-state index is 13.1. The monoisotopic (exact) mass is 296 g/mol. The largest absolute Gasteiger partial charge is 0.508 e. The van der Waals surface area contributed by atoms with Gasteiger partial charge >= 0.3 is 0 Å². The Morgan fingerprint density at radius 3 is 2.22 bits per heavy atom. The van der Waals surface area contributed by atoms with E-state index in [9.17, 15) is 9.50 Å². The van der Waals surface area contributed by atoms with E-state index in [0.717, 1.165) is 31.7 Å². The van der Waals surface area contributed by atoms with Gasteiger partial charge in [-0.3, -0.25) is 4.90 Å². The molecule has 104 valence electrons. The molecule has 0 bridgehead atoms. The summed E-state index contributed by atoms with van der Waals surface area (Å²) in [5.74, 6) is 0.224. The molecule has 1 aliphatic rings. The minimum atomic E-state index is -0.384. The molecule has 1 aromatic carbocycles. The van der Waals surface area contributed by atoms with Crippen LogP contribution in [-0.2, 0) is 0 Å². The van der Waals surface area contributed by atoms with Crippen molar-refractivity contribution in [1.82, 2.24) is 10.2 Å². The van der Waals surface area contributed by atoms with E-state index in [1.807, 2.05) is 0 Å². The third kappa shape index (κ3) is 4.28. The van der Waals surface area contributed by atoms with Gasteiger partial charge in [-0.15, -0.1) is 24.8 Å². The van der Waals surface area contributed by atoms with E-state index in [4.69, 9.17) is 0 Å². The lowest BCUT2D eigenvalue weighted by atomic mass is 10.1. The van der Waals surface area contributed by atoms with E-state index in [1.54, 1.807) is 24.3 Å². The van der Waals surface area contributed by atoms with Crippen LogP contribution in [0.5, 0.6) is 5.75 Å². The molecule has 1 atom stereocenters. The van der Waals surface area contributed by atoms with Crippen LogP contribution >= 0.6 is 24.8 Å². The van der Waals surface area contributed by atoms with Crippen molar-refractivity contribution in [3.8, 4) is 5.75 Å². The number of hydrogen-bond donors (Lipinski definition) is 2. The highest BCUT2D eigenvalue weighted by Crippen LogP contribution is 2.23. The molecule has 1 heterocycles. The first kappa shape index (κ1) is 17.4. The molecule has 1 saturated heterocycles. The summed E-state index contributed by atoms with van der Waals surface area (Å²) in [6.45, 7) is 3.18. The van der Waals surface area contributed by atoms with Gasteiger partial charge in [-0.1, -0.05) is 12.1 Å². The van der Waals surface area contributed by atoms with Gasteiger partial charge in [0.15, 0.2) is 0 Å². The van der Waals surface area contributed by atoms with Crippen molar-refractivity contribution in [3.63, 3.8) is 0 Å². The molecule has 0 spiro atoms. The summed E-state index contributed by atoms with van der Waals surface area (Å²) < 4.78 is 13.1. The van der Waals surface area contributed by atoms with Crippen LogP contribution in [0.25, 0.3) is 0 Å². The maximum absolute atomic E-state index is 13.1. The van der Waals surface area contributed by atoms with Crippen molar-refractivity contribution in [1.29, 1.82) is 0 Å². The standard InChI is InChI=1S/C12H17FN2O.2ClH/c13-9-12(15-7-5-14-6-8-15)10-1-3-11(16)4-2-10;;/h1-4,12,14,16H,5-9H2;2*1H/t12-;;/m1../s1.